The third-order valence-corrected chi connectivity index (χ3v) is 5.77. The molecule has 1 aliphatic heterocycles. The van der Waals surface area contributed by atoms with Crippen LogP contribution in [-0.2, 0) is 14.8 Å². The molecule has 3 rings (SSSR count). The summed E-state index contributed by atoms with van der Waals surface area (Å²) in [6.45, 7) is 0.319. The Morgan fingerprint density at radius 3 is 3.00 bits per heavy atom. The van der Waals surface area contributed by atoms with Crippen molar-refractivity contribution >= 4 is 43.8 Å². The second-order valence-corrected chi connectivity index (χ2v) is 7.04. The van der Waals surface area contributed by atoms with E-state index in [4.69, 9.17) is 11.6 Å². The van der Waals surface area contributed by atoms with Gasteiger partial charge in [-0.1, -0.05) is 11.6 Å². The molecular formula is C9H9ClN4O3S2. The van der Waals surface area contributed by atoms with Gasteiger partial charge in [0.1, 0.15) is 0 Å². The lowest BCUT2D eigenvalue weighted by Gasteiger charge is -2.25. The normalized spacial score (nSPS) is 17.8. The van der Waals surface area contributed by atoms with E-state index in [9.17, 15) is 13.2 Å². The van der Waals surface area contributed by atoms with Crippen LogP contribution in [-0.4, -0.2) is 47.6 Å². The number of hydrogen-bond acceptors (Lipinski definition) is 5. The van der Waals surface area contributed by atoms with Crippen LogP contribution in [0.2, 0.25) is 5.15 Å². The van der Waals surface area contributed by atoms with Crippen molar-refractivity contribution in [3.8, 4) is 0 Å². The van der Waals surface area contributed by atoms with Gasteiger partial charge in [-0.25, -0.2) is 13.4 Å². The summed E-state index contributed by atoms with van der Waals surface area (Å²) in [6.07, 6.45) is 1.59. The third-order valence-electron chi connectivity index (χ3n) is 2.77. The van der Waals surface area contributed by atoms with E-state index in [0.717, 1.165) is 4.31 Å². The molecule has 102 valence electrons. The highest BCUT2D eigenvalue weighted by atomic mass is 35.5. The molecule has 2 aromatic rings. The second kappa shape index (κ2) is 4.44. The molecule has 0 atom stereocenters. The fourth-order valence-electron chi connectivity index (χ4n) is 1.91. The third kappa shape index (κ3) is 2.02. The van der Waals surface area contributed by atoms with Crippen LogP contribution in [0, 0.1) is 0 Å². The van der Waals surface area contributed by atoms with Gasteiger partial charge >= 0.3 is 0 Å². The lowest BCUT2D eigenvalue weighted by atomic mass is 10.4. The minimum absolute atomic E-state index is 0.0715. The maximum atomic E-state index is 12.5. The maximum absolute atomic E-state index is 12.5. The highest BCUT2D eigenvalue weighted by Crippen LogP contribution is 2.28. The average Bonchev–Trinajstić information content (AvgIpc) is 2.88. The van der Waals surface area contributed by atoms with E-state index in [0.29, 0.717) is 11.5 Å². The molecule has 0 saturated carbocycles. The Labute approximate surface area is 117 Å². The van der Waals surface area contributed by atoms with Gasteiger partial charge in [0.05, 0.1) is 6.54 Å². The molecule has 1 N–H and O–H groups in total. The number of nitrogens with one attached hydrogen (secondary N) is 1. The molecule has 2 aromatic heterocycles. The SMILES string of the molecule is O=C1CN(S(=O)(=O)c2c(Cl)nc3sccn23)CCN1. The first-order valence-electron chi connectivity index (χ1n) is 5.38. The van der Waals surface area contributed by atoms with Crippen molar-refractivity contribution in [3.63, 3.8) is 0 Å². The number of fused-ring (bicyclic) bond motifs is 1. The van der Waals surface area contributed by atoms with Crippen LogP contribution < -0.4 is 5.32 Å². The molecule has 1 fully saturated rings. The summed E-state index contributed by atoms with van der Waals surface area (Å²) < 4.78 is 27.6. The Morgan fingerprint density at radius 2 is 2.26 bits per heavy atom. The average molecular weight is 321 g/mol. The number of thiazole rings is 1. The second-order valence-electron chi connectivity index (χ2n) is 3.95. The van der Waals surface area contributed by atoms with Gasteiger partial charge in [0, 0.05) is 24.7 Å². The van der Waals surface area contributed by atoms with Crippen molar-refractivity contribution < 1.29 is 13.2 Å². The molecule has 0 aliphatic carbocycles. The van der Waals surface area contributed by atoms with Crippen molar-refractivity contribution in [2.75, 3.05) is 19.6 Å². The predicted octanol–water partition coefficient (Wildman–Crippen LogP) is 0.170. The number of carbonyl (C=O) groups is 1. The molecular weight excluding hydrogens is 312 g/mol. The molecule has 1 aliphatic rings. The highest BCUT2D eigenvalue weighted by Gasteiger charge is 2.34. The Kier molecular flexibility index (Phi) is 3.01. The van der Waals surface area contributed by atoms with Crippen LogP contribution in [0.5, 0.6) is 0 Å². The number of nitrogens with zero attached hydrogens (tertiary/aromatic N) is 3. The van der Waals surface area contributed by atoms with Gasteiger partial charge in [0.15, 0.2) is 15.1 Å². The zero-order valence-corrected chi connectivity index (χ0v) is 11.9. The first-order chi connectivity index (χ1) is 9.00. The van der Waals surface area contributed by atoms with E-state index >= 15 is 0 Å². The Morgan fingerprint density at radius 1 is 1.47 bits per heavy atom. The zero-order valence-electron chi connectivity index (χ0n) is 9.54. The van der Waals surface area contributed by atoms with Crippen LogP contribution >= 0.6 is 22.9 Å². The zero-order chi connectivity index (χ0) is 13.6. The highest BCUT2D eigenvalue weighted by molar-refractivity contribution is 7.89. The number of halogens is 1. The molecule has 1 saturated heterocycles. The summed E-state index contributed by atoms with van der Waals surface area (Å²) in [5.74, 6) is -0.322. The summed E-state index contributed by atoms with van der Waals surface area (Å²) in [5.41, 5.74) is 0. The van der Waals surface area contributed by atoms with E-state index in [1.807, 2.05) is 0 Å². The summed E-state index contributed by atoms with van der Waals surface area (Å²) in [4.78, 5) is 15.8. The molecule has 19 heavy (non-hydrogen) atoms. The van der Waals surface area contributed by atoms with Crippen molar-refractivity contribution in [1.82, 2.24) is 19.0 Å². The fraction of sp³-hybridized carbons (Fsp3) is 0.333. The Balaban J connectivity index is 2.11. The van der Waals surface area contributed by atoms with Gasteiger partial charge in [-0.05, 0) is 0 Å². The van der Waals surface area contributed by atoms with Crippen LogP contribution in [0.1, 0.15) is 0 Å². The van der Waals surface area contributed by atoms with E-state index in [1.165, 1.54) is 15.7 Å². The molecule has 0 unspecified atom stereocenters. The van der Waals surface area contributed by atoms with Gasteiger partial charge in [-0.2, -0.15) is 4.31 Å². The number of rotatable bonds is 2. The van der Waals surface area contributed by atoms with E-state index in [1.54, 1.807) is 11.6 Å². The number of aromatic nitrogens is 2. The monoisotopic (exact) mass is 320 g/mol. The number of carbonyl (C=O) groups excluding carboxylic acids is 1. The van der Waals surface area contributed by atoms with Gasteiger partial charge in [-0.15, -0.1) is 11.3 Å². The van der Waals surface area contributed by atoms with Gasteiger partial charge in [-0.3, -0.25) is 9.20 Å². The fourth-order valence-corrected chi connectivity index (χ4v) is 4.72. The molecule has 7 nitrogen and oxygen atoms in total. The van der Waals surface area contributed by atoms with Gasteiger partial charge in [0.25, 0.3) is 10.0 Å². The molecule has 0 bridgehead atoms. The topological polar surface area (TPSA) is 83.8 Å². The molecule has 0 aromatic carbocycles. The van der Waals surface area contributed by atoms with Crippen LogP contribution in [0.25, 0.3) is 4.96 Å². The van der Waals surface area contributed by atoms with Crippen molar-refractivity contribution in [3.05, 3.63) is 16.7 Å². The number of piperazine rings is 1. The van der Waals surface area contributed by atoms with E-state index in [2.05, 4.69) is 10.3 Å². The van der Waals surface area contributed by atoms with Gasteiger partial charge in [0.2, 0.25) is 5.91 Å². The van der Waals surface area contributed by atoms with Crippen molar-refractivity contribution in [2.45, 2.75) is 5.03 Å². The number of imidazole rings is 1. The molecule has 0 radical (unpaired) electrons. The first-order valence-corrected chi connectivity index (χ1v) is 8.08. The minimum Gasteiger partial charge on any atom is -0.354 e. The van der Waals surface area contributed by atoms with E-state index < -0.39 is 10.0 Å². The summed E-state index contributed by atoms with van der Waals surface area (Å²) in [7, 11) is -3.83. The summed E-state index contributed by atoms with van der Waals surface area (Å²) >= 11 is 7.21. The number of sulfonamides is 1. The number of hydrogen-bond donors (Lipinski definition) is 1. The lowest BCUT2D eigenvalue weighted by Crippen LogP contribution is -2.50. The summed E-state index contributed by atoms with van der Waals surface area (Å²) in [5, 5.41) is 4.15. The van der Waals surface area contributed by atoms with Gasteiger partial charge < -0.3 is 5.32 Å². The predicted molar refractivity (Wildman–Crippen MR) is 69.8 cm³/mol. The van der Waals surface area contributed by atoms with Crippen LogP contribution in [0.3, 0.4) is 0 Å². The largest absolute Gasteiger partial charge is 0.354 e. The minimum atomic E-state index is -3.83. The summed E-state index contributed by atoms with van der Waals surface area (Å²) in [6, 6.07) is 0. The van der Waals surface area contributed by atoms with E-state index in [-0.39, 0.29) is 29.2 Å². The maximum Gasteiger partial charge on any atom is 0.262 e. The van der Waals surface area contributed by atoms with Crippen LogP contribution in [0.15, 0.2) is 16.6 Å². The Hall–Kier alpha value is -1.16. The lowest BCUT2D eigenvalue weighted by molar-refractivity contribution is -0.122. The smallest absolute Gasteiger partial charge is 0.262 e. The quantitative estimate of drug-likeness (QED) is 0.855. The van der Waals surface area contributed by atoms with Crippen molar-refractivity contribution in [1.29, 1.82) is 0 Å². The molecule has 10 heteroatoms. The van der Waals surface area contributed by atoms with Crippen molar-refractivity contribution in [2.24, 2.45) is 0 Å². The number of amides is 1. The molecule has 3 heterocycles. The Bertz CT molecular complexity index is 751. The molecule has 1 amide bonds. The molecule has 0 spiro atoms. The van der Waals surface area contributed by atoms with Crippen LogP contribution in [0.4, 0.5) is 0 Å². The standard InChI is InChI=1S/C9H9ClN4O3S2/c10-7-8(14-3-4-18-9(14)12-7)19(16,17)13-2-1-11-6(15)5-13/h3-4H,1-2,5H2,(H,11,15). The first kappa shape index (κ1) is 12.9.